The number of carbonyl (C=O) groups is 2. The first-order chi connectivity index (χ1) is 20.0. The molecule has 0 bridgehead atoms. The molecule has 4 rings (SSSR count). The van der Waals surface area contributed by atoms with Crippen LogP contribution in [0.1, 0.15) is 44.7 Å². The first-order valence-electron chi connectivity index (χ1n) is 14.1. The van der Waals surface area contributed by atoms with Crippen molar-refractivity contribution >= 4 is 29.4 Å². The zero-order valence-corrected chi connectivity index (χ0v) is 24.6. The monoisotopic (exact) mass is 577 g/mol. The Kier molecular flexibility index (Phi) is 9.57. The molecule has 0 aliphatic carbocycles. The predicted molar refractivity (Wildman–Crippen MR) is 161 cm³/mol. The van der Waals surface area contributed by atoms with Gasteiger partial charge in [-0.3, -0.25) is 9.59 Å². The van der Waals surface area contributed by atoms with Crippen LogP contribution in [0.25, 0.3) is 17.0 Å². The summed E-state index contributed by atoms with van der Waals surface area (Å²) in [5, 5.41) is 20.5. The topological polar surface area (TPSA) is 122 Å². The van der Waals surface area contributed by atoms with Crippen molar-refractivity contribution in [2.75, 3.05) is 26.7 Å². The van der Waals surface area contributed by atoms with Crippen molar-refractivity contribution in [3.05, 3.63) is 70.0 Å². The molecule has 1 saturated heterocycles. The molecule has 0 saturated carbocycles. The number of hydrogen-bond donors (Lipinski definition) is 2. The molecule has 0 radical (unpaired) electrons. The molecule has 10 heteroatoms. The highest BCUT2D eigenvalue weighted by Gasteiger charge is 2.31. The van der Waals surface area contributed by atoms with Gasteiger partial charge < -0.3 is 34.1 Å². The molecule has 1 aromatic heterocycles. The van der Waals surface area contributed by atoms with Crippen molar-refractivity contribution < 1.29 is 29.3 Å². The molecule has 1 aliphatic heterocycles. The molecule has 1 amide bonds. The number of phenolic OH excluding ortho intramolecular Hbond substituents is 2. The van der Waals surface area contributed by atoms with Crippen LogP contribution in [0.5, 0.6) is 17.2 Å². The number of amides is 1. The number of aromatic hydroxyl groups is 2. The second-order valence-corrected chi connectivity index (χ2v) is 11.5. The fraction of sp³-hybridized carbons (Fsp3) is 0.406. The second kappa shape index (κ2) is 13.1. The van der Waals surface area contributed by atoms with Gasteiger partial charge in [0, 0.05) is 56.3 Å². The van der Waals surface area contributed by atoms with Gasteiger partial charge in [0.15, 0.2) is 11.5 Å². The lowest BCUT2D eigenvalue weighted by Gasteiger charge is -2.39. The molecule has 42 heavy (non-hydrogen) atoms. The zero-order valence-electron chi connectivity index (χ0n) is 24.6. The number of aldehydes is 1. The average molecular weight is 578 g/mol. The van der Waals surface area contributed by atoms with E-state index in [9.17, 15) is 24.6 Å². The van der Waals surface area contributed by atoms with Crippen LogP contribution in [0.15, 0.2) is 53.3 Å². The smallest absolute Gasteiger partial charge is 0.410 e. The van der Waals surface area contributed by atoms with Gasteiger partial charge in [-0.1, -0.05) is 12.1 Å². The van der Waals surface area contributed by atoms with E-state index in [1.54, 1.807) is 40.9 Å². The molecule has 2 N–H and O–H groups in total. The van der Waals surface area contributed by atoms with Crippen molar-refractivity contribution in [1.82, 2.24) is 14.4 Å². The molecule has 224 valence electrons. The highest BCUT2D eigenvalue weighted by molar-refractivity contribution is 5.91. The minimum Gasteiger partial charge on any atom is -0.504 e. The summed E-state index contributed by atoms with van der Waals surface area (Å²) >= 11 is 0. The maximum Gasteiger partial charge on any atom is 0.410 e. The van der Waals surface area contributed by atoms with E-state index in [1.165, 1.54) is 18.2 Å². The standard InChI is InChI=1S/C32H39N3O7/c1-32(2,3)42-31(40)35(21-22-7-9-28(37)29(38)18-22)24-11-13-33(14-12-24)15-16-34-27-20-25(41-4)19-23(6-5-17-36)26(27)8-10-30(34)39/h5-10,17-20,24,37-38H,11-16,21H2,1-4H3/b6-5+. The van der Waals surface area contributed by atoms with E-state index < -0.39 is 11.7 Å². The Morgan fingerprint density at radius 3 is 2.43 bits per heavy atom. The van der Waals surface area contributed by atoms with E-state index in [4.69, 9.17) is 9.47 Å². The van der Waals surface area contributed by atoms with E-state index in [2.05, 4.69) is 4.90 Å². The third kappa shape index (κ3) is 7.50. The van der Waals surface area contributed by atoms with E-state index in [0.29, 0.717) is 43.5 Å². The molecule has 0 unspecified atom stereocenters. The van der Waals surface area contributed by atoms with E-state index in [-0.39, 0.29) is 29.6 Å². The van der Waals surface area contributed by atoms with Crippen LogP contribution in [0.4, 0.5) is 4.79 Å². The van der Waals surface area contributed by atoms with Crippen molar-refractivity contribution in [1.29, 1.82) is 0 Å². The summed E-state index contributed by atoms with van der Waals surface area (Å²) in [6.45, 7) is 8.26. The molecule has 1 aliphatic rings. The number of pyridine rings is 1. The number of allylic oxidation sites excluding steroid dienone is 1. The maximum absolute atomic E-state index is 13.2. The number of benzene rings is 2. The van der Waals surface area contributed by atoms with E-state index in [1.807, 2.05) is 32.9 Å². The molecule has 2 aromatic carbocycles. The number of fused-ring (bicyclic) bond motifs is 1. The van der Waals surface area contributed by atoms with Crippen LogP contribution in [0.2, 0.25) is 0 Å². The number of rotatable bonds is 9. The van der Waals surface area contributed by atoms with Gasteiger partial charge >= 0.3 is 6.09 Å². The number of ether oxygens (including phenoxy) is 2. The van der Waals surface area contributed by atoms with Gasteiger partial charge in [-0.15, -0.1) is 0 Å². The number of nitrogens with zero attached hydrogens (tertiary/aromatic N) is 3. The van der Waals surface area contributed by atoms with Gasteiger partial charge in [0.2, 0.25) is 0 Å². The van der Waals surface area contributed by atoms with Crippen molar-refractivity contribution in [2.45, 2.75) is 58.3 Å². The lowest BCUT2D eigenvalue weighted by Crippen LogP contribution is -2.49. The fourth-order valence-corrected chi connectivity index (χ4v) is 5.25. The molecule has 2 heterocycles. The highest BCUT2D eigenvalue weighted by Crippen LogP contribution is 2.29. The Morgan fingerprint density at radius 2 is 1.79 bits per heavy atom. The number of hydrogen-bond acceptors (Lipinski definition) is 8. The SMILES string of the molecule is COc1cc(/C=C/C=O)c2ccc(=O)n(CCN3CCC(N(Cc4ccc(O)c(O)c4)C(=O)OC(C)(C)C)CC3)c2c1. The largest absolute Gasteiger partial charge is 0.504 e. The summed E-state index contributed by atoms with van der Waals surface area (Å²) < 4.78 is 12.9. The Morgan fingerprint density at radius 1 is 1.05 bits per heavy atom. The van der Waals surface area contributed by atoms with Crippen molar-refractivity contribution in [3.63, 3.8) is 0 Å². The summed E-state index contributed by atoms with van der Waals surface area (Å²) in [6.07, 6.45) is 4.82. The van der Waals surface area contributed by atoms with E-state index in [0.717, 1.165) is 29.6 Å². The second-order valence-electron chi connectivity index (χ2n) is 11.5. The first kappa shape index (κ1) is 30.6. The van der Waals surface area contributed by atoms with Gasteiger partial charge in [0.05, 0.1) is 12.6 Å². The number of aromatic nitrogens is 1. The normalized spacial score (nSPS) is 14.8. The summed E-state index contributed by atoms with van der Waals surface area (Å²) in [7, 11) is 1.56. The highest BCUT2D eigenvalue weighted by atomic mass is 16.6. The van der Waals surface area contributed by atoms with Crippen LogP contribution in [-0.2, 0) is 22.6 Å². The Hall–Kier alpha value is -4.31. The summed E-state index contributed by atoms with van der Waals surface area (Å²) in [4.78, 5) is 41.0. The molecular formula is C32H39N3O7. The summed E-state index contributed by atoms with van der Waals surface area (Å²) in [5.41, 5.74) is 1.42. The van der Waals surface area contributed by atoms with Gasteiger partial charge in [-0.25, -0.2) is 4.79 Å². The van der Waals surface area contributed by atoms with Gasteiger partial charge in [0.25, 0.3) is 5.56 Å². The third-order valence-corrected chi connectivity index (χ3v) is 7.36. The lowest BCUT2D eigenvalue weighted by molar-refractivity contribution is -0.104. The molecular weight excluding hydrogens is 538 g/mol. The fourth-order valence-electron chi connectivity index (χ4n) is 5.25. The van der Waals surface area contributed by atoms with Crippen LogP contribution in [-0.4, -0.2) is 75.3 Å². The number of phenols is 2. The lowest BCUT2D eigenvalue weighted by atomic mass is 10.0. The number of methoxy groups -OCH3 is 1. The third-order valence-electron chi connectivity index (χ3n) is 7.36. The Bertz CT molecular complexity index is 1520. The van der Waals surface area contributed by atoms with Crippen LogP contribution >= 0.6 is 0 Å². The molecule has 3 aromatic rings. The first-order valence-corrected chi connectivity index (χ1v) is 14.1. The maximum atomic E-state index is 13.2. The van der Waals surface area contributed by atoms with Crippen LogP contribution in [0, 0.1) is 0 Å². The zero-order chi connectivity index (χ0) is 30.4. The van der Waals surface area contributed by atoms with Crippen LogP contribution in [0.3, 0.4) is 0 Å². The summed E-state index contributed by atoms with van der Waals surface area (Å²) in [6, 6.07) is 11.4. The number of piperidine rings is 1. The van der Waals surface area contributed by atoms with Crippen molar-refractivity contribution in [3.8, 4) is 17.2 Å². The summed E-state index contributed by atoms with van der Waals surface area (Å²) in [5.74, 6) is 0.144. The quantitative estimate of drug-likeness (QED) is 0.216. The minimum absolute atomic E-state index is 0.0799. The number of carbonyl (C=O) groups excluding carboxylic acids is 2. The Balaban J connectivity index is 1.48. The predicted octanol–water partition coefficient (Wildman–Crippen LogP) is 4.54. The molecule has 1 fully saturated rings. The van der Waals surface area contributed by atoms with Gasteiger partial charge in [-0.2, -0.15) is 0 Å². The minimum atomic E-state index is -0.662. The molecule has 0 spiro atoms. The van der Waals surface area contributed by atoms with Gasteiger partial charge in [0.1, 0.15) is 17.6 Å². The molecule has 0 atom stereocenters. The number of likely N-dealkylation sites (tertiary alicyclic amines) is 1. The average Bonchev–Trinajstić information content (AvgIpc) is 2.95. The Labute approximate surface area is 245 Å². The van der Waals surface area contributed by atoms with Crippen LogP contribution < -0.4 is 10.3 Å². The van der Waals surface area contributed by atoms with Gasteiger partial charge in [-0.05, 0) is 75.1 Å². The van der Waals surface area contributed by atoms with E-state index >= 15 is 0 Å². The molecule has 10 nitrogen and oxygen atoms in total. The van der Waals surface area contributed by atoms with Crippen molar-refractivity contribution in [2.24, 2.45) is 0 Å².